The van der Waals surface area contributed by atoms with Crippen molar-refractivity contribution in [3.63, 3.8) is 0 Å². The highest BCUT2D eigenvalue weighted by atomic mass is 32.2. The lowest BCUT2D eigenvalue weighted by Gasteiger charge is -2.22. The maximum Gasteiger partial charge on any atom is 0.431 e. The number of nitrogens with zero attached hydrogens (tertiary/aromatic N) is 1. The number of alkyl halides is 3. The van der Waals surface area contributed by atoms with Gasteiger partial charge in [-0.1, -0.05) is 12.1 Å². The highest BCUT2D eigenvalue weighted by Crippen LogP contribution is 2.35. The summed E-state index contributed by atoms with van der Waals surface area (Å²) in [5.41, 5.74) is 0.836. The van der Waals surface area contributed by atoms with Gasteiger partial charge in [-0.2, -0.15) is 13.2 Å². The zero-order valence-corrected chi connectivity index (χ0v) is 16.8. The number of fused-ring (bicyclic) bond motifs is 1. The van der Waals surface area contributed by atoms with Gasteiger partial charge in [-0.3, -0.25) is 4.72 Å². The minimum absolute atomic E-state index is 0.142. The van der Waals surface area contributed by atoms with Gasteiger partial charge < -0.3 is 4.98 Å². The summed E-state index contributed by atoms with van der Waals surface area (Å²) in [6, 6.07) is 10.4. The number of hydrogen-bond donors (Lipinski definition) is 2. The van der Waals surface area contributed by atoms with Crippen LogP contribution >= 0.6 is 11.9 Å². The number of aromatic nitrogens is 2. The second kappa shape index (κ2) is 7.66. The standard InChI is InChI=1S/C19H18F3N3O2S2/c20-19(21,22)17-11-16-15(5-8-23-18(16)24-17)12-1-3-14(4-2-12)28-25-13-6-9-29(26,27)10-7-13/h1-5,8,11,13,25H,6-7,9-10H2,(H,23,24). The van der Waals surface area contributed by atoms with Gasteiger partial charge in [0.2, 0.25) is 0 Å². The van der Waals surface area contributed by atoms with E-state index in [-0.39, 0.29) is 23.2 Å². The molecule has 3 aromatic rings. The SMILES string of the molecule is O=S1(=O)CCC(NSc2ccc(-c3ccnc4[nH]c(C(F)(F)F)cc34)cc2)CC1. The summed E-state index contributed by atoms with van der Waals surface area (Å²) in [7, 11) is -2.89. The van der Waals surface area contributed by atoms with Crippen molar-refractivity contribution in [2.24, 2.45) is 0 Å². The molecule has 1 fully saturated rings. The number of hydrogen-bond acceptors (Lipinski definition) is 5. The minimum Gasteiger partial charge on any atom is -0.336 e. The number of nitrogens with one attached hydrogen (secondary N) is 2. The molecular formula is C19H18F3N3O2S2. The number of benzene rings is 1. The van der Waals surface area contributed by atoms with Gasteiger partial charge in [0, 0.05) is 22.5 Å². The van der Waals surface area contributed by atoms with Gasteiger partial charge in [0.25, 0.3) is 0 Å². The molecule has 2 aromatic heterocycles. The Kier molecular flexibility index (Phi) is 5.34. The molecule has 1 aliphatic rings. The van der Waals surface area contributed by atoms with E-state index in [0.717, 1.165) is 16.5 Å². The first-order valence-corrected chi connectivity index (χ1v) is 11.6. The molecule has 0 radical (unpaired) electrons. The van der Waals surface area contributed by atoms with Crippen LogP contribution in [0.2, 0.25) is 0 Å². The first kappa shape index (κ1) is 20.2. The van der Waals surface area contributed by atoms with Crippen molar-refractivity contribution in [3.8, 4) is 11.1 Å². The largest absolute Gasteiger partial charge is 0.431 e. The van der Waals surface area contributed by atoms with Gasteiger partial charge in [-0.15, -0.1) is 0 Å². The first-order chi connectivity index (χ1) is 13.7. The van der Waals surface area contributed by atoms with Crippen LogP contribution in [-0.2, 0) is 16.0 Å². The Hall–Kier alpha value is -2.04. The topological polar surface area (TPSA) is 74.8 Å². The van der Waals surface area contributed by atoms with E-state index in [1.54, 1.807) is 6.07 Å². The zero-order chi connectivity index (χ0) is 20.6. The fourth-order valence-electron chi connectivity index (χ4n) is 3.29. The van der Waals surface area contributed by atoms with Crippen LogP contribution in [0.4, 0.5) is 13.2 Å². The Morgan fingerprint density at radius 3 is 2.45 bits per heavy atom. The normalized spacial score (nSPS) is 17.6. The molecule has 154 valence electrons. The van der Waals surface area contributed by atoms with Gasteiger partial charge in [-0.05, 0) is 60.2 Å². The molecule has 4 rings (SSSR count). The van der Waals surface area contributed by atoms with Gasteiger partial charge in [-0.25, -0.2) is 13.4 Å². The maximum absolute atomic E-state index is 13.0. The molecule has 1 aromatic carbocycles. The Morgan fingerprint density at radius 1 is 1.10 bits per heavy atom. The Morgan fingerprint density at radius 2 is 1.79 bits per heavy atom. The van der Waals surface area contributed by atoms with Crippen molar-refractivity contribution < 1.29 is 21.6 Å². The van der Waals surface area contributed by atoms with Gasteiger partial charge in [0.15, 0.2) is 0 Å². The number of rotatable bonds is 4. The smallest absolute Gasteiger partial charge is 0.336 e. The van der Waals surface area contributed by atoms with Crippen LogP contribution < -0.4 is 4.72 Å². The predicted molar refractivity (Wildman–Crippen MR) is 107 cm³/mol. The van der Waals surface area contributed by atoms with Crippen molar-refractivity contribution in [2.45, 2.75) is 30.0 Å². The first-order valence-electron chi connectivity index (χ1n) is 8.99. The van der Waals surface area contributed by atoms with E-state index in [1.165, 1.54) is 18.1 Å². The van der Waals surface area contributed by atoms with E-state index in [2.05, 4.69) is 14.7 Å². The molecule has 3 heterocycles. The van der Waals surface area contributed by atoms with Gasteiger partial charge in [0.05, 0.1) is 11.5 Å². The lowest BCUT2D eigenvalue weighted by Crippen LogP contribution is -2.34. The third kappa shape index (κ3) is 4.59. The Balaban J connectivity index is 1.49. The minimum atomic E-state index is -4.46. The average molecular weight is 442 g/mol. The van der Waals surface area contributed by atoms with Crippen LogP contribution in [0.25, 0.3) is 22.2 Å². The van der Waals surface area contributed by atoms with Crippen LogP contribution in [0.1, 0.15) is 18.5 Å². The fraction of sp³-hybridized carbons (Fsp3) is 0.316. The Bertz CT molecular complexity index is 1110. The summed E-state index contributed by atoms with van der Waals surface area (Å²) >= 11 is 1.43. The molecular weight excluding hydrogens is 423 g/mol. The monoisotopic (exact) mass is 441 g/mol. The number of aromatic amines is 1. The predicted octanol–water partition coefficient (Wildman–Crippen LogP) is 4.42. The van der Waals surface area contributed by atoms with Crippen LogP contribution in [-0.4, -0.2) is 35.9 Å². The molecule has 0 atom stereocenters. The third-order valence-electron chi connectivity index (χ3n) is 4.90. The number of pyridine rings is 1. The van der Waals surface area contributed by atoms with Crippen molar-refractivity contribution in [1.82, 2.24) is 14.7 Å². The molecule has 0 spiro atoms. The molecule has 5 nitrogen and oxygen atoms in total. The van der Waals surface area contributed by atoms with E-state index in [0.29, 0.717) is 23.8 Å². The lowest BCUT2D eigenvalue weighted by atomic mass is 10.0. The van der Waals surface area contributed by atoms with Crippen LogP contribution in [0.5, 0.6) is 0 Å². The second-order valence-corrected chi connectivity index (χ2v) is 10.2. The van der Waals surface area contributed by atoms with Crippen molar-refractivity contribution in [1.29, 1.82) is 0 Å². The zero-order valence-electron chi connectivity index (χ0n) is 15.2. The molecule has 2 N–H and O–H groups in total. The van der Waals surface area contributed by atoms with Crippen molar-refractivity contribution in [2.75, 3.05) is 11.5 Å². The van der Waals surface area contributed by atoms with Crippen molar-refractivity contribution in [3.05, 3.63) is 48.3 Å². The fourth-order valence-corrected chi connectivity index (χ4v) is 5.60. The van der Waals surface area contributed by atoms with E-state index in [9.17, 15) is 21.6 Å². The summed E-state index contributed by atoms with van der Waals surface area (Å²) < 4.78 is 65.2. The highest BCUT2D eigenvalue weighted by Gasteiger charge is 2.33. The molecule has 0 bridgehead atoms. The number of halogens is 3. The molecule has 10 heteroatoms. The summed E-state index contributed by atoms with van der Waals surface area (Å²) in [4.78, 5) is 7.27. The van der Waals surface area contributed by atoms with E-state index in [1.807, 2.05) is 24.3 Å². The van der Waals surface area contributed by atoms with Crippen LogP contribution in [0.15, 0.2) is 47.5 Å². The number of sulfone groups is 1. The van der Waals surface area contributed by atoms with Gasteiger partial charge in [0.1, 0.15) is 21.2 Å². The third-order valence-corrected chi connectivity index (χ3v) is 7.58. The van der Waals surface area contributed by atoms with E-state index in [4.69, 9.17) is 0 Å². The number of H-pyrrole nitrogens is 1. The van der Waals surface area contributed by atoms with Gasteiger partial charge >= 0.3 is 6.18 Å². The molecule has 1 aliphatic heterocycles. The van der Waals surface area contributed by atoms with Crippen LogP contribution in [0.3, 0.4) is 0 Å². The molecule has 29 heavy (non-hydrogen) atoms. The highest BCUT2D eigenvalue weighted by molar-refractivity contribution is 7.97. The Labute approximate surface area is 170 Å². The summed E-state index contributed by atoms with van der Waals surface area (Å²) in [5.74, 6) is 0.414. The summed E-state index contributed by atoms with van der Waals surface area (Å²) in [6.45, 7) is 0. The van der Waals surface area contributed by atoms with Crippen LogP contribution in [0, 0.1) is 0 Å². The summed E-state index contributed by atoms with van der Waals surface area (Å²) in [5, 5.41) is 0.418. The maximum atomic E-state index is 13.0. The quantitative estimate of drug-likeness (QED) is 0.586. The van der Waals surface area contributed by atoms with E-state index >= 15 is 0 Å². The van der Waals surface area contributed by atoms with E-state index < -0.39 is 21.7 Å². The molecule has 0 amide bonds. The second-order valence-electron chi connectivity index (χ2n) is 6.97. The lowest BCUT2D eigenvalue weighted by molar-refractivity contribution is -0.140. The molecule has 1 saturated heterocycles. The molecule has 0 unspecified atom stereocenters. The molecule has 0 aliphatic carbocycles. The molecule has 0 saturated carbocycles. The summed E-state index contributed by atoms with van der Waals surface area (Å²) in [6.07, 6.45) is -1.78. The van der Waals surface area contributed by atoms with Crippen molar-refractivity contribution >= 4 is 32.8 Å². The average Bonchev–Trinajstić information content (AvgIpc) is 3.13.